The first-order valence-electron chi connectivity index (χ1n) is 3.90. The van der Waals surface area contributed by atoms with Crippen LogP contribution in [0, 0.1) is 10.8 Å². The predicted molar refractivity (Wildman–Crippen MR) is 41.0 cm³/mol. The largest absolute Gasteiger partial charge is 0.316 e. The Labute approximate surface area is 65.3 Å². The van der Waals surface area contributed by atoms with Crippen LogP contribution in [0.4, 0.5) is 0 Å². The van der Waals surface area contributed by atoms with Gasteiger partial charge in [0.05, 0.1) is 0 Å². The van der Waals surface area contributed by atoms with Crippen LogP contribution in [0.15, 0.2) is 5.18 Å². The van der Waals surface area contributed by atoms with Gasteiger partial charge in [-0.15, -0.1) is 4.91 Å². The third-order valence-electron chi connectivity index (χ3n) is 1.96. The number of hydrogen-bond donors (Lipinski definition) is 1. The van der Waals surface area contributed by atoms with E-state index in [-0.39, 0.29) is 0 Å². The third kappa shape index (κ3) is 2.76. The average Bonchev–Trinajstić information content (AvgIpc) is 2.06. The van der Waals surface area contributed by atoms with E-state index in [0.29, 0.717) is 12.3 Å². The SMILES string of the molecule is O=NC(=O)CC1CCCNC1. The summed E-state index contributed by atoms with van der Waals surface area (Å²) in [6, 6.07) is 0. The van der Waals surface area contributed by atoms with E-state index in [0.717, 1.165) is 25.9 Å². The third-order valence-corrected chi connectivity index (χ3v) is 1.96. The van der Waals surface area contributed by atoms with E-state index in [1.54, 1.807) is 0 Å². The van der Waals surface area contributed by atoms with Gasteiger partial charge in [-0.05, 0) is 31.8 Å². The van der Waals surface area contributed by atoms with Gasteiger partial charge in [-0.25, -0.2) is 0 Å². The normalized spacial score (nSPS) is 24.5. The molecular weight excluding hydrogens is 144 g/mol. The Hall–Kier alpha value is -0.770. The fourth-order valence-electron chi connectivity index (χ4n) is 1.38. The van der Waals surface area contributed by atoms with Crippen LogP contribution in [0.1, 0.15) is 19.3 Å². The zero-order valence-electron chi connectivity index (χ0n) is 6.38. The van der Waals surface area contributed by atoms with Crippen molar-refractivity contribution in [2.24, 2.45) is 11.1 Å². The minimum Gasteiger partial charge on any atom is -0.316 e. The first-order valence-corrected chi connectivity index (χ1v) is 3.90. The van der Waals surface area contributed by atoms with Crippen LogP contribution < -0.4 is 5.32 Å². The summed E-state index contributed by atoms with van der Waals surface area (Å²) in [7, 11) is 0. The van der Waals surface area contributed by atoms with E-state index >= 15 is 0 Å². The van der Waals surface area contributed by atoms with E-state index in [1.165, 1.54) is 0 Å². The highest BCUT2D eigenvalue weighted by Crippen LogP contribution is 2.13. The molecule has 0 aromatic rings. The molecule has 1 heterocycles. The summed E-state index contributed by atoms with van der Waals surface area (Å²) >= 11 is 0. The lowest BCUT2D eigenvalue weighted by Gasteiger charge is -2.20. The first kappa shape index (κ1) is 8.33. The molecule has 1 aliphatic heterocycles. The number of carbonyl (C=O) groups excluding carboxylic acids is 1. The molecular formula is C7H12N2O2. The number of hydrogen-bond acceptors (Lipinski definition) is 3. The van der Waals surface area contributed by atoms with Gasteiger partial charge in [-0.3, -0.25) is 4.79 Å². The molecule has 0 spiro atoms. The molecule has 0 radical (unpaired) electrons. The second-order valence-electron chi connectivity index (χ2n) is 2.90. The second-order valence-corrected chi connectivity index (χ2v) is 2.90. The van der Waals surface area contributed by atoms with Crippen LogP contribution in [-0.2, 0) is 4.79 Å². The molecule has 0 saturated carbocycles. The molecule has 1 N–H and O–H groups in total. The molecule has 4 nitrogen and oxygen atoms in total. The molecule has 0 aromatic carbocycles. The molecule has 4 heteroatoms. The summed E-state index contributed by atoms with van der Waals surface area (Å²) < 4.78 is 0. The molecule has 11 heavy (non-hydrogen) atoms. The maximum absolute atomic E-state index is 10.6. The summed E-state index contributed by atoms with van der Waals surface area (Å²) in [5, 5.41) is 5.53. The smallest absolute Gasteiger partial charge is 0.286 e. The monoisotopic (exact) mass is 156 g/mol. The van der Waals surface area contributed by atoms with Gasteiger partial charge in [0.15, 0.2) is 0 Å². The van der Waals surface area contributed by atoms with Crippen molar-refractivity contribution in [2.75, 3.05) is 13.1 Å². The van der Waals surface area contributed by atoms with Crippen molar-refractivity contribution in [3.63, 3.8) is 0 Å². The fraction of sp³-hybridized carbons (Fsp3) is 0.857. The van der Waals surface area contributed by atoms with Gasteiger partial charge >= 0.3 is 0 Å². The molecule has 1 amide bonds. The summed E-state index contributed by atoms with van der Waals surface area (Å²) in [6.07, 6.45) is 2.45. The van der Waals surface area contributed by atoms with Crippen LogP contribution in [-0.4, -0.2) is 19.0 Å². The zero-order valence-corrected chi connectivity index (χ0v) is 6.38. The van der Waals surface area contributed by atoms with Gasteiger partial charge in [0, 0.05) is 11.6 Å². The lowest BCUT2D eigenvalue weighted by atomic mass is 9.96. The van der Waals surface area contributed by atoms with Crippen LogP contribution in [0.25, 0.3) is 0 Å². The second kappa shape index (κ2) is 4.18. The molecule has 1 unspecified atom stereocenters. The number of nitrogens with zero attached hydrogens (tertiary/aromatic N) is 1. The van der Waals surface area contributed by atoms with E-state index in [9.17, 15) is 9.70 Å². The molecule has 1 rings (SSSR count). The number of amides is 1. The van der Waals surface area contributed by atoms with Crippen molar-refractivity contribution in [3.05, 3.63) is 4.91 Å². The highest BCUT2D eigenvalue weighted by molar-refractivity contribution is 5.76. The van der Waals surface area contributed by atoms with Crippen LogP contribution >= 0.6 is 0 Å². The maximum atomic E-state index is 10.6. The van der Waals surface area contributed by atoms with Crippen molar-refractivity contribution in [1.29, 1.82) is 0 Å². The number of carbonyl (C=O) groups is 1. The zero-order chi connectivity index (χ0) is 8.10. The summed E-state index contributed by atoms with van der Waals surface area (Å²) in [6.45, 7) is 1.88. The summed E-state index contributed by atoms with van der Waals surface area (Å²) in [4.78, 5) is 20.3. The minimum absolute atomic E-state index is 0.316. The van der Waals surface area contributed by atoms with Crippen LogP contribution in [0.3, 0.4) is 0 Å². The Balaban J connectivity index is 2.24. The van der Waals surface area contributed by atoms with Gasteiger partial charge in [0.1, 0.15) is 0 Å². The summed E-state index contributed by atoms with van der Waals surface area (Å²) in [5.41, 5.74) is 0. The average molecular weight is 156 g/mol. The number of piperidine rings is 1. The van der Waals surface area contributed by atoms with Gasteiger partial charge in [-0.1, -0.05) is 0 Å². The molecule has 0 aromatic heterocycles. The Morgan fingerprint density at radius 1 is 1.64 bits per heavy atom. The lowest BCUT2D eigenvalue weighted by Crippen LogP contribution is -2.30. The minimum atomic E-state index is -0.515. The molecule has 0 aliphatic carbocycles. The number of nitroso groups, excluding NO2 is 1. The van der Waals surface area contributed by atoms with E-state index < -0.39 is 5.91 Å². The van der Waals surface area contributed by atoms with E-state index in [4.69, 9.17) is 0 Å². The van der Waals surface area contributed by atoms with Crippen molar-refractivity contribution in [2.45, 2.75) is 19.3 Å². The molecule has 1 atom stereocenters. The topological polar surface area (TPSA) is 58.5 Å². The van der Waals surface area contributed by atoms with E-state index in [2.05, 4.69) is 10.5 Å². The van der Waals surface area contributed by atoms with Gasteiger partial charge < -0.3 is 5.32 Å². The fourth-order valence-corrected chi connectivity index (χ4v) is 1.38. The van der Waals surface area contributed by atoms with Crippen molar-refractivity contribution in [1.82, 2.24) is 5.32 Å². The van der Waals surface area contributed by atoms with Crippen molar-refractivity contribution < 1.29 is 4.79 Å². The van der Waals surface area contributed by atoms with E-state index in [1.807, 2.05) is 0 Å². The maximum Gasteiger partial charge on any atom is 0.286 e. The van der Waals surface area contributed by atoms with Gasteiger partial charge in [0.2, 0.25) is 0 Å². The Morgan fingerprint density at radius 2 is 2.45 bits per heavy atom. The van der Waals surface area contributed by atoms with Gasteiger partial charge in [-0.2, -0.15) is 0 Å². The molecule has 62 valence electrons. The Bertz CT molecular complexity index is 153. The Morgan fingerprint density at radius 3 is 3.00 bits per heavy atom. The molecule has 0 bridgehead atoms. The molecule has 1 aliphatic rings. The number of rotatable bonds is 2. The Kier molecular flexibility index (Phi) is 3.16. The lowest BCUT2D eigenvalue weighted by molar-refractivity contribution is -0.118. The number of nitrogens with one attached hydrogen (secondary N) is 1. The highest BCUT2D eigenvalue weighted by atomic mass is 16.3. The quantitative estimate of drug-likeness (QED) is 0.598. The first-order chi connectivity index (χ1) is 5.33. The standard InChI is InChI=1S/C7H12N2O2/c10-7(9-11)4-6-2-1-3-8-5-6/h6,8H,1-5H2. The highest BCUT2D eigenvalue weighted by Gasteiger charge is 2.16. The van der Waals surface area contributed by atoms with Gasteiger partial charge in [0.25, 0.3) is 5.91 Å². The van der Waals surface area contributed by atoms with Crippen LogP contribution in [0.5, 0.6) is 0 Å². The molecule has 1 saturated heterocycles. The molecule has 1 fully saturated rings. The predicted octanol–water partition coefficient (Wildman–Crippen LogP) is 0.669. The summed E-state index contributed by atoms with van der Waals surface area (Å²) in [5.74, 6) is -0.187. The van der Waals surface area contributed by atoms with Crippen molar-refractivity contribution >= 4 is 5.91 Å². The van der Waals surface area contributed by atoms with Crippen LogP contribution in [0.2, 0.25) is 0 Å². The van der Waals surface area contributed by atoms with Crippen molar-refractivity contribution in [3.8, 4) is 0 Å².